The minimum absolute atomic E-state index is 0.00736. The molecule has 1 heterocycles. The first-order valence-electron chi connectivity index (χ1n) is 7.92. The van der Waals surface area contributed by atoms with E-state index in [0.29, 0.717) is 0 Å². The molecule has 0 fully saturated rings. The molecule has 2 aromatic rings. The highest BCUT2D eigenvalue weighted by Crippen LogP contribution is 2.35. The van der Waals surface area contributed by atoms with E-state index >= 15 is 0 Å². The highest BCUT2D eigenvalue weighted by molar-refractivity contribution is 6.30. The van der Waals surface area contributed by atoms with Crippen molar-refractivity contribution >= 4 is 23.4 Å². The molecular weight excluding hydrogens is 318 g/mol. The minimum Gasteiger partial charge on any atom is -0.387 e. The fraction of sp³-hybridized carbons (Fsp3) is 0.0952. The summed E-state index contributed by atoms with van der Waals surface area (Å²) in [5.41, 5.74) is 4.40. The van der Waals surface area contributed by atoms with Crippen LogP contribution >= 0.6 is 11.6 Å². The van der Waals surface area contributed by atoms with E-state index in [1.807, 2.05) is 42.5 Å². The van der Waals surface area contributed by atoms with Crippen molar-refractivity contribution in [3.63, 3.8) is 0 Å². The van der Waals surface area contributed by atoms with Crippen LogP contribution in [0, 0.1) is 5.92 Å². The van der Waals surface area contributed by atoms with Crippen LogP contribution in [-0.2, 0) is 4.84 Å². The van der Waals surface area contributed by atoms with Crippen LogP contribution in [0.15, 0.2) is 89.6 Å². The van der Waals surface area contributed by atoms with Gasteiger partial charge in [0.15, 0.2) is 6.10 Å². The summed E-state index contributed by atoms with van der Waals surface area (Å²) in [4.78, 5) is 5.57. The lowest BCUT2D eigenvalue weighted by molar-refractivity contribution is 0.109. The Kier molecular flexibility index (Phi) is 4.06. The van der Waals surface area contributed by atoms with E-state index in [1.165, 1.54) is 11.1 Å². The number of hydrogen-bond donors (Lipinski definition) is 0. The molecule has 118 valence electrons. The highest BCUT2D eigenvalue weighted by atomic mass is 35.5. The van der Waals surface area contributed by atoms with Crippen molar-refractivity contribution in [1.82, 2.24) is 0 Å². The molecule has 2 atom stereocenters. The summed E-state index contributed by atoms with van der Waals surface area (Å²) in [7, 11) is 0. The number of hydrogen-bond acceptors (Lipinski definition) is 2. The van der Waals surface area contributed by atoms with Gasteiger partial charge in [0.2, 0.25) is 0 Å². The summed E-state index contributed by atoms with van der Waals surface area (Å²) in [6.07, 6.45) is 10.5. The van der Waals surface area contributed by atoms with Gasteiger partial charge in [-0.3, -0.25) is 0 Å². The Morgan fingerprint density at radius 2 is 1.79 bits per heavy atom. The average Bonchev–Trinajstić information content (AvgIpc) is 3.20. The summed E-state index contributed by atoms with van der Waals surface area (Å²) < 4.78 is 0. The molecule has 0 saturated heterocycles. The highest BCUT2D eigenvalue weighted by Gasteiger charge is 2.38. The molecule has 0 saturated carbocycles. The zero-order valence-corrected chi connectivity index (χ0v) is 13.7. The molecule has 1 aliphatic heterocycles. The third-order valence-corrected chi connectivity index (χ3v) is 4.50. The standard InChI is InChI=1S/C21H16ClNO/c22-18-12-9-17(10-13-18)21-20-16(11-14-19(20)24-23-21)8-4-7-15-5-2-1-3-6-15/h1-14,19-20H/b7-4+,16-8-/t19-,20+/m1/s1. The maximum Gasteiger partial charge on any atom is 0.158 e. The molecule has 0 aromatic heterocycles. The number of oxime groups is 1. The van der Waals surface area contributed by atoms with Crippen molar-refractivity contribution in [3.05, 3.63) is 101 Å². The van der Waals surface area contributed by atoms with Gasteiger partial charge >= 0.3 is 0 Å². The summed E-state index contributed by atoms with van der Waals surface area (Å²) in [5.74, 6) is 0.145. The van der Waals surface area contributed by atoms with Crippen LogP contribution < -0.4 is 0 Å². The van der Waals surface area contributed by atoms with Gasteiger partial charge < -0.3 is 4.84 Å². The second kappa shape index (κ2) is 6.50. The molecule has 3 heteroatoms. The number of nitrogens with zero attached hydrogens (tertiary/aromatic N) is 1. The molecule has 0 radical (unpaired) electrons. The third-order valence-electron chi connectivity index (χ3n) is 4.25. The molecule has 4 rings (SSSR count). The van der Waals surface area contributed by atoms with E-state index in [0.717, 1.165) is 16.3 Å². The summed E-state index contributed by atoms with van der Waals surface area (Å²) in [6, 6.07) is 18.0. The Bertz CT molecular complexity index is 847. The maximum atomic E-state index is 5.98. The van der Waals surface area contributed by atoms with E-state index in [9.17, 15) is 0 Å². The second-order valence-electron chi connectivity index (χ2n) is 5.83. The molecular formula is C21H16ClNO. The lowest BCUT2D eigenvalue weighted by Gasteiger charge is -2.11. The zero-order chi connectivity index (χ0) is 16.4. The predicted molar refractivity (Wildman–Crippen MR) is 99.1 cm³/mol. The molecule has 2 aliphatic rings. The van der Waals surface area contributed by atoms with Crippen LogP contribution in [0.3, 0.4) is 0 Å². The smallest absolute Gasteiger partial charge is 0.158 e. The van der Waals surface area contributed by atoms with Gasteiger partial charge in [-0.2, -0.15) is 0 Å². The first-order chi connectivity index (χ1) is 11.8. The molecule has 1 aliphatic carbocycles. The van der Waals surface area contributed by atoms with E-state index in [4.69, 9.17) is 16.4 Å². The zero-order valence-electron chi connectivity index (χ0n) is 13.0. The maximum absolute atomic E-state index is 5.98. The van der Waals surface area contributed by atoms with Gasteiger partial charge in [0.25, 0.3) is 0 Å². The summed E-state index contributed by atoms with van der Waals surface area (Å²) in [5, 5.41) is 5.02. The molecule has 2 aromatic carbocycles. The minimum atomic E-state index is -0.00736. The third kappa shape index (κ3) is 2.93. The van der Waals surface area contributed by atoms with Crippen LogP contribution in [-0.4, -0.2) is 11.8 Å². The molecule has 0 N–H and O–H groups in total. The van der Waals surface area contributed by atoms with Crippen LogP contribution in [0.2, 0.25) is 5.02 Å². The van der Waals surface area contributed by atoms with E-state index in [1.54, 1.807) is 0 Å². The lowest BCUT2D eigenvalue weighted by atomic mass is 9.90. The average molecular weight is 334 g/mol. The van der Waals surface area contributed by atoms with Crippen molar-refractivity contribution in [3.8, 4) is 0 Å². The van der Waals surface area contributed by atoms with Gasteiger partial charge in [-0.1, -0.05) is 83.5 Å². The Morgan fingerprint density at radius 3 is 2.58 bits per heavy atom. The van der Waals surface area contributed by atoms with Crippen LogP contribution in [0.1, 0.15) is 11.1 Å². The van der Waals surface area contributed by atoms with Crippen molar-refractivity contribution in [2.24, 2.45) is 11.1 Å². The van der Waals surface area contributed by atoms with Gasteiger partial charge in [0, 0.05) is 10.6 Å². The monoisotopic (exact) mass is 333 g/mol. The molecule has 24 heavy (non-hydrogen) atoms. The topological polar surface area (TPSA) is 21.6 Å². The van der Waals surface area contributed by atoms with Crippen molar-refractivity contribution in [2.45, 2.75) is 6.10 Å². The largest absolute Gasteiger partial charge is 0.387 e. The lowest BCUT2D eigenvalue weighted by Crippen LogP contribution is -2.19. The fourth-order valence-electron chi connectivity index (χ4n) is 3.04. The van der Waals surface area contributed by atoms with Gasteiger partial charge in [0.1, 0.15) is 0 Å². The van der Waals surface area contributed by atoms with Crippen molar-refractivity contribution in [1.29, 1.82) is 0 Å². The molecule has 0 unspecified atom stereocenters. The van der Waals surface area contributed by atoms with Gasteiger partial charge in [-0.15, -0.1) is 0 Å². The Morgan fingerprint density at radius 1 is 1.00 bits per heavy atom. The number of allylic oxidation sites excluding steroid dienone is 3. The van der Waals surface area contributed by atoms with E-state index in [-0.39, 0.29) is 12.0 Å². The fourth-order valence-corrected chi connectivity index (χ4v) is 3.17. The van der Waals surface area contributed by atoms with Gasteiger partial charge in [-0.25, -0.2) is 0 Å². The normalized spacial score (nSPS) is 23.5. The quantitative estimate of drug-likeness (QED) is 0.750. The molecule has 0 amide bonds. The molecule has 0 spiro atoms. The van der Waals surface area contributed by atoms with Gasteiger partial charge in [0.05, 0.1) is 11.6 Å². The summed E-state index contributed by atoms with van der Waals surface area (Å²) >= 11 is 5.98. The number of benzene rings is 2. The molecule has 2 nitrogen and oxygen atoms in total. The first-order valence-corrected chi connectivity index (χ1v) is 8.30. The van der Waals surface area contributed by atoms with Crippen LogP contribution in [0.5, 0.6) is 0 Å². The van der Waals surface area contributed by atoms with Gasteiger partial charge in [-0.05, 0) is 29.3 Å². The first kappa shape index (κ1) is 15.0. The second-order valence-corrected chi connectivity index (χ2v) is 6.26. The Hall–Kier alpha value is -2.58. The number of halogens is 1. The Balaban J connectivity index is 1.58. The number of rotatable bonds is 3. The van der Waals surface area contributed by atoms with Crippen molar-refractivity contribution < 1.29 is 4.84 Å². The molecule has 0 bridgehead atoms. The summed E-state index contributed by atoms with van der Waals surface area (Å²) in [6.45, 7) is 0. The SMILES string of the molecule is Clc1ccc(C2=NO[C@@H]3C=C/C(=C/C=C/c4ccccc4)[C@H]23)cc1. The number of fused-ring (bicyclic) bond motifs is 1. The van der Waals surface area contributed by atoms with Crippen LogP contribution in [0.4, 0.5) is 0 Å². The van der Waals surface area contributed by atoms with Crippen LogP contribution in [0.25, 0.3) is 6.08 Å². The Labute approximate surface area is 146 Å². The van der Waals surface area contributed by atoms with E-state index in [2.05, 4.69) is 47.7 Å². The van der Waals surface area contributed by atoms with Crippen molar-refractivity contribution in [2.75, 3.05) is 0 Å². The van der Waals surface area contributed by atoms with E-state index < -0.39 is 0 Å². The predicted octanol–water partition coefficient (Wildman–Crippen LogP) is 5.27.